The fourth-order valence-corrected chi connectivity index (χ4v) is 3.99. The van der Waals surface area contributed by atoms with Gasteiger partial charge in [0.1, 0.15) is 0 Å². The second-order valence-corrected chi connectivity index (χ2v) is 7.06. The van der Waals surface area contributed by atoms with Crippen LogP contribution >= 0.6 is 31.9 Å². The molecule has 98 valence electrons. The standard InChI is InChI=1S/C16H15Br2N/c1-16(19)8-6-12-13(7-9-16)15(18)11-5-3-2-4-10(11)14(12)17/h2-7H,8-9,19H2,1H3. The zero-order valence-corrected chi connectivity index (χ0v) is 13.9. The molecule has 1 aliphatic rings. The van der Waals surface area contributed by atoms with E-state index >= 15 is 0 Å². The van der Waals surface area contributed by atoms with Gasteiger partial charge in [0.2, 0.25) is 0 Å². The Hall–Kier alpha value is -0.640. The first kappa shape index (κ1) is 13.3. The van der Waals surface area contributed by atoms with Crippen LogP contribution in [0, 0.1) is 0 Å². The van der Waals surface area contributed by atoms with E-state index in [1.807, 2.05) is 0 Å². The third-order valence-electron chi connectivity index (χ3n) is 3.71. The number of hydrogen-bond donors (Lipinski definition) is 1. The first-order chi connectivity index (χ1) is 8.99. The summed E-state index contributed by atoms with van der Waals surface area (Å²) in [5.41, 5.74) is 6.13. The Labute approximate surface area is 129 Å². The smallest absolute Gasteiger partial charge is 0.0329 e. The van der Waals surface area contributed by atoms with E-state index in [0.717, 1.165) is 21.8 Å². The molecule has 1 aliphatic carbocycles. The quantitative estimate of drug-likeness (QED) is 0.744. The van der Waals surface area contributed by atoms with Gasteiger partial charge in [-0.05, 0) is 72.8 Å². The van der Waals surface area contributed by atoms with Crippen molar-refractivity contribution in [3.8, 4) is 0 Å². The lowest BCUT2D eigenvalue weighted by Gasteiger charge is -2.19. The number of nitrogens with two attached hydrogens (primary N) is 1. The molecule has 0 aliphatic heterocycles. The third-order valence-corrected chi connectivity index (χ3v) is 5.42. The summed E-state index contributed by atoms with van der Waals surface area (Å²) in [6.45, 7) is 2.10. The van der Waals surface area contributed by atoms with Gasteiger partial charge in [-0.1, -0.05) is 36.4 Å². The van der Waals surface area contributed by atoms with Crippen molar-refractivity contribution >= 4 is 54.8 Å². The van der Waals surface area contributed by atoms with Gasteiger partial charge in [-0.3, -0.25) is 0 Å². The maximum Gasteiger partial charge on any atom is 0.0329 e. The van der Waals surface area contributed by atoms with Crippen molar-refractivity contribution < 1.29 is 0 Å². The molecule has 0 heterocycles. The summed E-state index contributed by atoms with van der Waals surface area (Å²) in [4.78, 5) is 0. The number of hydrogen-bond acceptors (Lipinski definition) is 1. The van der Waals surface area contributed by atoms with Crippen molar-refractivity contribution in [1.82, 2.24) is 0 Å². The highest BCUT2D eigenvalue weighted by atomic mass is 79.9. The Kier molecular flexibility index (Phi) is 3.32. The van der Waals surface area contributed by atoms with Crippen molar-refractivity contribution in [2.45, 2.75) is 25.3 Å². The fourth-order valence-electron chi connectivity index (χ4n) is 2.55. The van der Waals surface area contributed by atoms with Crippen molar-refractivity contribution in [3.05, 3.63) is 43.6 Å². The van der Waals surface area contributed by atoms with Crippen LogP contribution in [0.1, 0.15) is 19.8 Å². The molecular weight excluding hydrogens is 366 g/mol. The highest BCUT2D eigenvalue weighted by Crippen LogP contribution is 2.26. The van der Waals surface area contributed by atoms with Gasteiger partial charge in [0.25, 0.3) is 0 Å². The van der Waals surface area contributed by atoms with Crippen LogP contribution in [0.3, 0.4) is 0 Å². The van der Waals surface area contributed by atoms with E-state index in [1.54, 1.807) is 0 Å². The summed E-state index contributed by atoms with van der Waals surface area (Å²) in [5.74, 6) is 0. The molecule has 2 N–H and O–H groups in total. The van der Waals surface area contributed by atoms with Gasteiger partial charge in [-0.25, -0.2) is 0 Å². The summed E-state index contributed by atoms with van der Waals surface area (Å²) >= 11 is 7.52. The predicted octanol–water partition coefficient (Wildman–Crippen LogP) is 3.44. The van der Waals surface area contributed by atoms with E-state index in [-0.39, 0.29) is 5.54 Å². The summed E-state index contributed by atoms with van der Waals surface area (Å²) in [7, 11) is 0. The molecule has 2 aromatic rings. The Morgan fingerprint density at radius 3 is 1.79 bits per heavy atom. The molecule has 0 bridgehead atoms. The van der Waals surface area contributed by atoms with Crippen LogP contribution in [-0.2, 0) is 0 Å². The SMILES string of the molecule is CC1(N)CC=c2c(Br)c3ccccc3c(Br)c2=CC1. The van der Waals surface area contributed by atoms with Gasteiger partial charge in [-0.2, -0.15) is 0 Å². The van der Waals surface area contributed by atoms with Crippen molar-refractivity contribution in [3.63, 3.8) is 0 Å². The van der Waals surface area contributed by atoms with Crippen LogP contribution < -0.4 is 16.2 Å². The van der Waals surface area contributed by atoms with Gasteiger partial charge < -0.3 is 5.73 Å². The summed E-state index contributed by atoms with van der Waals surface area (Å²) in [6, 6.07) is 8.43. The largest absolute Gasteiger partial charge is 0.325 e. The molecule has 0 radical (unpaired) electrons. The van der Waals surface area contributed by atoms with Gasteiger partial charge in [-0.15, -0.1) is 0 Å². The fraction of sp³-hybridized carbons (Fsp3) is 0.250. The minimum atomic E-state index is -0.163. The minimum absolute atomic E-state index is 0.163. The Morgan fingerprint density at radius 2 is 1.37 bits per heavy atom. The lowest BCUT2D eigenvalue weighted by molar-refractivity contribution is 0.505. The number of rotatable bonds is 0. The molecule has 0 aromatic heterocycles. The molecular formula is C16H15Br2N. The molecule has 0 amide bonds. The summed E-state index contributed by atoms with van der Waals surface area (Å²) < 4.78 is 2.32. The van der Waals surface area contributed by atoms with Crippen molar-refractivity contribution in [2.75, 3.05) is 0 Å². The first-order valence-electron chi connectivity index (χ1n) is 6.34. The van der Waals surface area contributed by atoms with Gasteiger partial charge in [0.15, 0.2) is 0 Å². The zero-order chi connectivity index (χ0) is 13.6. The Bertz CT molecular complexity index is 711. The average Bonchev–Trinajstić information content (AvgIpc) is 2.55. The first-order valence-corrected chi connectivity index (χ1v) is 7.93. The van der Waals surface area contributed by atoms with E-state index in [9.17, 15) is 0 Å². The Morgan fingerprint density at radius 1 is 0.947 bits per heavy atom. The van der Waals surface area contributed by atoms with E-state index in [2.05, 4.69) is 75.2 Å². The highest BCUT2D eigenvalue weighted by molar-refractivity contribution is 9.11. The van der Waals surface area contributed by atoms with Gasteiger partial charge in [0, 0.05) is 14.5 Å². The maximum absolute atomic E-state index is 6.29. The van der Waals surface area contributed by atoms with Gasteiger partial charge in [0.05, 0.1) is 0 Å². The molecule has 2 aromatic carbocycles. The van der Waals surface area contributed by atoms with E-state index in [0.29, 0.717) is 0 Å². The molecule has 0 fully saturated rings. The topological polar surface area (TPSA) is 26.0 Å². The van der Waals surface area contributed by atoms with Crippen molar-refractivity contribution in [1.29, 1.82) is 0 Å². The van der Waals surface area contributed by atoms with Crippen LogP contribution in [-0.4, -0.2) is 5.54 Å². The van der Waals surface area contributed by atoms with Crippen LogP contribution in [0.4, 0.5) is 0 Å². The molecule has 0 saturated carbocycles. The second kappa shape index (κ2) is 4.72. The zero-order valence-electron chi connectivity index (χ0n) is 10.7. The molecule has 0 atom stereocenters. The van der Waals surface area contributed by atoms with Crippen LogP contribution in [0.5, 0.6) is 0 Å². The normalized spacial score (nSPS) is 17.3. The molecule has 3 rings (SSSR count). The summed E-state index contributed by atoms with van der Waals surface area (Å²) in [5, 5.41) is 4.97. The number of halogens is 2. The van der Waals surface area contributed by atoms with E-state index in [1.165, 1.54) is 21.2 Å². The monoisotopic (exact) mass is 379 g/mol. The average molecular weight is 381 g/mol. The number of benzene rings is 2. The molecule has 0 unspecified atom stereocenters. The van der Waals surface area contributed by atoms with Crippen molar-refractivity contribution in [2.24, 2.45) is 5.73 Å². The molecule has 1 nitrogen and oxygen atoms in total. The number of fused-ring (bicyclic) bond motifs is 2. The van der Waals surface area contributed by atoms with E-state index < -0.39 is 0 Å². The highest BCUT2D eigenvalue weighted by Gasteiger charge is 2.18. The molecule has 19 heavy (non-hydrogen) atoms. The van der Waals surface area contributed by atoms with Gasteiger partial charge >= 0.3 is 0 Å². The third kappa shape index (κ3) is 2.28. The minimum Gasteiger partial charge on any atom is -0.325 e. The van der Waals surface area contributed by atoms with Crippen LogP contribution in [0.25, 0.3) is 22.9 Å². The maximum atomic E-state index is 6.29. The van der Waals surface area contributed by atoms with Crippen LogP contribution in [0.15, 0.2) is 33.2 Å². The van der Waals surface area contributed by atoms with E-state index in [4.69, 9.17) is 5.73 Å². The molecule has 3 heteroatoms. The molecule has 0 saturated heterocycles. The lowest BCUT2D eigenvalue weighted by Crippen LogP contribution is -2.34. The predicted molar refractivity (Wildman–Crippen MR) is 89.4 cm³/mol. The summed E-state index contributed by atoms with van der Waals surface area (Å²) in [6.07, 6.45) is 6.28. The van der Waals surface area contributed by atoms with Crippen LogP contribution in [0.2, 0.25) is 0 Å². The lowest BCUT2D eigenvalue weighted by atomic mass is 9.96. The second-order valence-electron chi connectivity index (χ2n) is 5.47. The Balaban J connectivity index is 2.49. The molecule has 0 spiro atoms.